The summed E-state index contributed by atoms with van der Waals surface area (Å²) in [6.45, 7) is 7.37. The van der Waals surface area contributed by atoms with Gasteiger partial charge in [-0.1, -0.05) is 19.1 Å². The van der Waals surface area contributed by atoms with Crippen LogP contribution in [0.1, 0.15) is 31.4 Å². The van der Waals surface area contributed by atoms with Crippen LogP contribution in [0.25, 0.3) is 0 Å². The third kappa shape index (κ3) is 8.69. The Balaban J connectivity index is 0.00000480. The van der Waals surface area contributed by atoms with E-state index in [9.17, 15) is 8.42 Å². The van der Waals surface area contributed by atoms with Gasteiger partial charge >= 0.3 is 0 Å². The molecule has 2 rings (SSSR count). The second kappa shape index (κ2) is 12.9. The van der Waals surface area contributed by atoms with Crippen LogP contribution in [0.2, 0.25) is 0 Å². The fourth-order valence-corrected chi connectivity index (χ4v) is 3.79. The third-order valence-electron chi connectivity index (χ3n) is 4.62. The molecule has 3 N–H and O–H groups in total. The van der Waals surface area contributed by atoms with Crippen LogP contribution in [0.5, 0.6) is 5.75 Å². The number of benzene rings is 1. The highest BCUT2D eigenvalue weighted by atomic mass is 127. The SMILES string of the molecule is CCC(C)Oc1cc(C)ccc1CNC(=NC)NCCNS(=O)(=O)c1ccn(C)c1.I. The Morgan fingerprint density at radius 1 is 1.23 bits per heavy atom. The summed E-state index contributed by atoms with van der Waals surface area (Å²) in [4.78, 5) is 4.45. The molecule has 8 nitrogen and oxygen atoms in total. The first kappa shape index (κ1) is 27.2. The van der Waals surface area contributed by atoms with Crippen molar-refractivity contribution in [2.45, 2.75) is 44.7 Å². The second-order valence-corrected chi connectivity index (χ2v) is 8.98. The van der Waals surface area contributed by atoms with E-state index < -0.39 is 10.0 Å². The van der Waals surface area contributed by atoms with Gasteiger partial charge in [-0.3, -0.25) is 4.99 Å². The van der Waals surface area contributed by atoms with Gasteiger partial charge in [-0.25, -0.2) is 13.1 Å². The Kier molecular flexibility index (Phi) is 11.4. The molecule has 0 saturated carbocycles. The van der Waals surface area contributed by atoms with Crippen molar-refractivity contribution in [1.82, 2.24) is 19.9 Å². The summed E-state index contributed by atoms with van der Waals surface area (Å²) in [6.07, 6.45) is 4.34. The zero-order valence-corrected chi connectivity index (χ0v) is 22.0. The van der Waals surface area contributed by atoms with Crippen LogP contribution >= 0.6 is 24.0 Å². The van der Waals surface area contributed by atoms with E-state index >= 15 is 0 Å². The van der Waals surface area contributed by atoms with E-state index in [0.29, 0.717) is 19.0 Å². The number of sulfonamides is 1. The molecule has 0 aliphatic heterocycles. The van der Waals surface area contributed by atoms with Gasteiger partial charge in [-0.15, -0.1) is 24.0 Å². The summed E-state index contributed by atoms with van der Waals surface area (Å²) in [5, 5.41) is 6.37. The van der Waals surface area contributed by atoms with Gasteiger partial charge < -0.3 is 19.9 Å². The first-order valence-electron chi connectivity index (χ1n) is 10.1. The van der Waals surface area contributed by atoms with Crippen molar-refractivity contribution in [3.63, 3.8) is 0 Å². The fraction of sp³-hybridized carbons (Fsp3) is 0.476. The molecule has 0 spiro atoms. The lowest BCUT2D eigenvalue weighted by molar-refractivity contribution is 0.215. The van der Waals surface area contributed by atoms with Gasteiger partial charge in [0.15, 0.2) is 5.96 Å². The molecular formula is C21H34IN5O3S. The molecule has 0 radical (unpaired) electrons. The number of aryl methyl sites for hydroxylation is 2. The number of nitrogens with zero attached hydrogens (tertiary/aromatic N) is 2. The molecule has 1 atom stereocenters. The number of halogens is 1. The van der Waals surface area contributed by atoms with Crippen molar-refractivity contribution in [1.29, 1.82) is 0 Å². The van der Waals surface area contributed by atoms with E-state index in [1.54, 1.807) is 37.1 Å². The summed E-state index contributed by atoms with van der Waals surface area (Å²) in [5.74, 6) is 1.45. The van der Waals surface area contributed by atoms with Gasteiger partial charge in [0.1, 0.15) is 5.75 Å². The molecule has 2 aromatic rings. The second-order valence-electron chi connectivity index (χ2n) is 7.21. The number of hydrogen-bond acceptors (Lipinski definition) is 4. The molecule has 1 aromatic heterocycles. The smallest absolute Gasteiger partial charge is 0.242 e. The molecule has 0 saturated heterocycles. The summed E-state index contributed by atoms with van der Waals surface area (Å²) in [6, 6.07) is 7.70. The average Bonchev–Trinajstić information content (AvgIpc) is 3.16. The van der Waals surface area contributed by atoms with Crippen LogP contribution in [0.4, 0.5) is 0 Å². The van der Waals surface area contributed by atoms with E-state index in [4.69, 9.17) is 4.74 Å². The van der Waals surface area contributed by atoms with E-state index in [1.165, 1.54) is 0 Å². The lowest BCUT2D eigenvalue weighted by Gasteiger charge is -2.18. The van der Waals surface area contributed by atoms with E-state index in [1.807, 2.05) is 19.1 Å². The monoisotopic (exact) mass is 563 g/mol. The van der Waals surface area contributed by atoms with E-state index in [-0.39, 0.29) is 41.5 Å². The van der Waals surface area contributed by atoms with Crippen LogP contribution in [0.3, 0.4) is 0 Å². The molecule has 1 aromatic carbocycles. The Hall–Kier alpha value is -1.79. The maximum atomic E-state index is 12.2. The number of hydrogen-bond donors (Lipinski definition) is 3. The molecule has 31 heavy (non-hydrogen) atoms. The van der Waals surface area contributed by atoms with Crippen LogP contribution in [-0.4, -0.2) is 45.2 Å². The summed E-state index contributed by atoms with van der Waals surface area (Å²) >= 11 is 0. The first-order chi connectivity index (χ1) is 14.2. The number of aromatic nitrogens is 1. The molecule has 0 bridgehead atoms. The van der Waals surface area contributed by atoms with Gasteiger partial charge in [-0.05, 0) is 38.0 Å². The average molecular weight is 564 g/mol. The lowest BCUT2D eigenvalue weighted by atomic mass is 10.1. The highest BCUT2D eigenvalue weighted by Gasteiger charge is 2.14. The normalized spacial score (nSPS) is 12.7. The summed E-state index contributed by atoms with van der Waals surface area (Å²) < 4.78 is 34.8. The molecule has 1 heterocycles. The minimum atomic E-state index is -3.51. The maximum absolute atomic E-state index is 12.2. The maximum Gasteiger partial charge on any atom is 0.242 e. The predicted octanol–water partition coefficient (Wildman–Crippen LogP) is 2.77. The fourth-order valence-electron chi connectivity index (χ4n) is 2.70. The number of rotatable bonds is 10. The van der Waals surface area contributed by atoms with Crippen molar-refractivity contribution < 1.29 is 13.2 Å². The number of guanidine groups is 1. The third-order valence-corrected chi connectivity index (χ3v) is 6.07. The van der Waals surface area contributed by atoms with Gasteiger partial charge in [-0.2, -0.15) is 0 Å². The Morgan fingerprint density at radius 3 is 2.58 bits per heavy atom. The number of ether oxygens (including phenoxy) is 1. The highest BCUT2D eigenvalue weighted by molar-refractivity contribution is 14.0. The van der Waals surface area contributed by atoms with Crippen molar-refractivity contribution in [2.24, 2.45) is 12.0 Å². The highest BCUT2D eigenvalue weighted by Crippen LogP contribution is 2.22. The van der Waals surface area contributed by atoms with E-state index in [2.05, 4.69) is 40.3 Å². The van der Waals surface area contributed by atoms with Crippen molar-refractivity contribution in [3.05, 3.63) is 47.8 Å². The van der Waals surface area contributed by atoms with Crippen LogP contribution in [0.15, 0.2) is 46.5 Å². The van der Waals surface area contributed by atoms with Gasteiger partial charge in [0.25, 0.3) is 0 Å². The zero-order valence-electron chi connectivity index (χ0n) is 18.8. The summed E-state index contributed by atoms with van der Waals surface area (Å²) in [5.41, 5.74) is 2.18. The molecule has 0 fully saturated rings. The topological polar surface area (TPSA) is 96.8 Å². The molecule has 0 aliphatic carbocycles. The van der Waals surface area contributed by atoms with Crippen LogP contribution in [0, 0.1) is 6.92 Å². The standard InChI is InChI=1S/C21H33N5O3S.HI/c1-6-17(3)29-20-13-16(2)7-8-18(20)14-24-21(22-4)23-10-11-25-30(27,28)19-9-12-26(5)15-19;/h7-9,12-13,15,17,25H,6,10-11,14H2,1-5H3,(H2,22,23,24);1H. The van der Waals surface area contributed by atoms with Gasteiger partial charge in [0.05, 0.1) is 11.0 Å². The van der Waals surface area contributed by atoms with Crippen LogP contribution in [-0.2, 0) is 23.6 Å². The van der Waals surface area contributed by atoms with E-state index in [0.717, 1.165) is 23.3 Å². The zero-order chi connectivity index (χ0) is 22.1. The predicted molar refractivity (Wildman–Crippen MR) is 136 cm³/mol. The van der Waals surface area contributed by atoms with Crippen LogP contribution < -0.4 is 20.1 Å². The molecule has 174 valence electrons. The minimum Gasteiger partial charge on any atom is -0.490 e. The largest absolute Gasteiger partial charge is 0.490 e. The molecule has 0 aliphatic rings. The van der Waals surface area contributed by atoms with Gasteiger partial charge in [0.2, 0.25) is 10.0 Å². The first-order valence-corrected chi connectivity index (χ1v) is 11.6. The number of aliphatic imine (C=N–C) groups is 1. The Labute approximate surface area is 202 Å². The van der Waals surface area contributed by atoms with Crippen molar-refractivity contribution in [2.75, 3.05) is 20.1 Å². The molecule has 1 unspecified atom stereocenters. The number of nitrogens with one attached hydrogen (secondary N) is 3. The Bertz CT molecular complexity index is 960. The Morgan fingerprint density at radius 2 is 1.97 bits per heavy atom. The van der Waals surface area contributed by atoms with Gasteiger partial charge in [0, 0.05) is 51.7 Å². The molecule has 10 heteroatoms. The lowest BCUT2D eigenvalue weighted by Crippen LogP contribution is -2.41. The van der Waals surface area contributed by atoms with Crippen molar-refractivity contribution >= 4 is 40.0 Å². The minimum absolute atomic E-state index is 0. The molecule has 0 amide bonds. The molecular weight excluding hydrogens is 529 g/mol. The summed E-state index contributed by atoms with van der Waals surface area (Å²) in [7, 11) is -0.0537. The van der Waals surface area contributed by atoms with Crippen molar-refractivity contribution in [3.8, 4) is 5.75 Å². The quantitative estimate of drug-likeness (QED) is 0.179.